The zero-order valence-corrected chi connectivity index (χ0v) is 19.7. The summed E-state index contributed by atoms with van der Waals surface area (Å²) in [5.74, 6) is 0.107. The molecule has 3 aromatic rings. The summed E-state index contributed by atoms with van der Waals surface area (Å²) >= 11 is 0. The molecule has 0 atom stereocenters. The Morgan fingerprint density at radius 1 is 0.971 bits per heavy atom. The Balaban J connectivity index is 1.68. The van der Waals surface area contributed by atoms with E-state index in [0.29, 0.717) is 48.2 Å². The molecule has 1 aromatic carbocycles. The van der Waals surface area contributed by atoms with Crippen LogP contribution in [0.2, 0.25) is 0 Å². The minimum Gasteiger partial charge on any atom is -0.619 e. The zero-order chi connectivity index (χ0) is 24.4. The van der Waals surface area contributed by atoms with Crippen molar-refractivity contribution in [3.05, 3.63) is 66.0 Å². The van der Waals surface area contributed by atoms with Crippen LogP contribution >= 0.6 is 0 Å². The first kappa shape index (κ1) is 25.4. The van der Waals surface area contributed by atoms with Crippen LogP contribution in [0.15, 0.2) is 59.3 Å². The first-order valence-electron chi connectivity index (χ1n) is 11.0. The molecule has 0 saturated heterocycles. The number of hydrogen-bond acceptors (Lipinski definition) is 8. The van der Waals surface area contributed by atoms with Crippen molar-refractivity contribution in [1.29, 1.82) is 0 Å². The molecule has 2 aromatic heterocycles. The first-order valence-corrected chi connectivity index (χ1v) is 11.0. The molecule has 34 heavy (non-hydrogen) atoms. The van der Waals surface area contributed by atoms with Crippen molar-refractivity contribution in [2.75, 3.05) is 46.8 Å². The number of esters is 1. The van der Waals surface area contributed by atoms with E-state index in [2.05, 4.69) is 4.98 Å². The summed E-state index contributed by atoms with van der Waals surface area (Å²) in [4.78, 5) is 17.5. The summed E-state index contributed by atoms with van der Waals surface area (Å²) in [6.45, 7) is 5.57. The predicted molar refractivity (Wildman–Crippen MR) is 124 cm³/mol. The van der Waals surface area contributed by atoms with Crippen molar-refractivity contribution < 1.29 is 32.9 Å². The minimum absolute atomic E-state index is 0.0916. The third kappa shape index (κ3) is 6.63. The highest BCUT2D eigenvalue weighted by Crippen LogP contribution is 2.36. The summed E-state index contributed by atoms with van der Waals surface area (Å²) in [5.41, 5.74) is 0.742. The predicted octanol–water partition coefficient (Wildman–Crippen LogP) is 3.14. The van der Waals surface area contributed by atoms with Gasteiger partial charge in [-0.3, -0.25) is 4.79 Å². The van der Waals surface area contributed by atoms with Gasteiger partial charge < -0.3 is 28.6 Å². The molecule has 3 rings (SSSR count). The maximum Gasteiger partial charge on any atom is 0.321 e. The molecule has 0 radical (unpaired) electrons. The van der Waals surface area contributed by atoms with Gasteiger partial charge in [0.2, 0.25) is 5.89 Å². The lowest BCUT2D eigenvalue weighted by Crippen LogP contribution is -2.32. The van der Waals surface area contributed by atoms with Gasteiger partial charge in [0, 0.05) is 18.7 Å². The van der Waals surface area contributed by atoms with Gasteiger partial charge in [0.05, 0.1) is 38.6 Å². The highest BCUT2D eigenvalue weighted by molar-refractivity contribution is 5.82. The summed E-state index contributed by atoms with van der Waals surface area (Å²) in [6, 6.07) is 12.8. The SMILES string of the molecule is COCCOCCOCCOC(=O)C(C)(C)c1nc(-c2ccccc2)c(-c2ccc[n+]([O-])c2)o1. The van der Waals surface area contributed by atoms with Gasteiger partial charge in [0.1, 0.15) is 17.7 Å². The van der Waals surface area contributed by atoms with Crippen LogP contribution in [0.1, 0.15) is 19.7 Å². The average Bonchev–Trinajstić information content (AvgIpc) is 3.30. The van der Waals surface area contributed by atoms with Crippen LogP contribution in [-0.4, -0.2) is 57.7 Å². The second-order valence-electron chi connectivity index (χ2n) is 7.99. The number of hydrogen-bond donors (Lipinski definition) is 0. The second-order valence-corrected chi connectivity index (χ2v) is 7.99. The monoisotopic (exact) mass is 470 g/mol. The minimum atomic E-state index is -1.16. The molecule has 0 fully saturated rings. The Labute approximate surface area is 198 Å². The lowest BCUT2D eigenvalue weighted by Gasteiger charge is -2.18. The van der Waals surface area contributed by atoms with Gasteiger partial charge in [-0.05, 0) is 19.9 Å². The molecule has 0 saturated carbocycles. The first-order chi connectivity index (χ1) is 16.4. The van der Waals surface area contributed by atoms with Crippen LogP contribution < -0.4 is 4.73 Å². The molecule has 0 aliphatic carbocycles. The van der Waals surface area contributed by atoms with Crippen LogP contribution in [0, 0.1) is 5.21 Å². The number of pyridine rings is 1. The van der Waals surface area contributed by atoms with Crippen LogP contribution in [0.25, 0.3) is 22.6 Å². The maximum absolute atomic E-state index is 12.8. The molecule has 182 valence electrons. The molecule has 9 heteroatoms. The van der Waals surface area contributed by atoms with E-state index in [1.54, 1.807) is 33.1 Å². The standard InChI is InChI=1S/C25H30N2O7/c1-25(2,24(28)33-17-16-32-15-14-31-13-12-30-3)23-26-21(19-8-5-4-6-9-19)22(34-23)20-10-7-11-27(29)18-20/h4-11,18H,12-17H2,1-3H3. The van der Waals surface area contributed by atoms with E-state index >= 15 is 0 Å². The van der Waals surface area contributed by atoms with Crippen LogP contribution in [0.4, 0.5) is 0 Å². The van der Waals surface area contributed by atoms with Crippen molar-refractivity contribution >= 4 is 5.97 Å². The summed E-state index contributed by atoms with van der Waals surface area (Å²) in [5, 5.41) is 11.8. The number of carbonyl (C=O) groups is 1. The topological polar surface area (TPSA) is 107 Å². The summed E-state index contributed by atoms with van der Waals surface area (Å²) in [7, 11) is 1.61. The fourth-order valence-corrected chi connectivity index (χ4v) is 3.09. The van der Waals surface area contributed by atoms with Gasteiger partial charge in [-0.1, -0.05) is 30.3 Å². The normalized spacial score (nSPS) is 11.5. The van der Waals surface area contributed by atoms with Crippen LogP contribution in [-0.2, 0) is 29.2 Å². The van der Waals surface area contributed by atoms with Crippen molar-refractivity contribution in [2.24, 2.45) is 0 Å². The Kier molecular flexibility index (Phi) is 9.15. The van der Waals surface area contributed by atoms with E-state index in [0.717, 1.165) is 5.56 Å². The number of benzene rings is 1. The molecule has 0 N–H and O–H groups in total. The molecule has 0 unspecified atom stereocenters. The summed E-state index contributed by atoms with van der Waals surface area (Å²) in [6.07, 6.45) is 2.79. The number of rotatable bonds is 13. The van der Waals surface area contributed by atoms with Gasteiger partial charge in [-0.25, -0.2) is 4.98 Å². The van der Waals surface area contributed by atoms with Crippen molar-refractivity contribution in [2.45, 2.75) is 19.3 Å². The van der Waals surface area contributed by atoms with Gasteiger partial charge in [-0.2, -0.15) is 4.73 Å². The molecule has 0 aliphatic rings. The fraction of sp³-hybridized carbons (Fsp3) is 0.400. The molecule has 2 heterocycles. The fourth-order valence-electron chi connectivity index (χ4n) is 3.09. The van der Waals surface area contributed by atoms with E-state index in [-0.39, 0.29) is 19.1 Å². The largest absolute Gasteiger partial charge is 0.619 e. The Hall–Kier alpha value is -3.27. The van der Waals surface area contributed by atoms with Crippen LogP contribution in [0.5, 0.6) is 0 Å². The van der Waals surface area contributed by atoms with E-state index in [4.69, 9.17) is 23.4 Å². The molecule has 0 amide bonds. The zero-order valence-electron chi connectivity index (χ0n) is 19.7. The maximum atomic E-state index is 12.8. The number of carbonyl (C=O) groups excluding carboxylic acids is 1. The number of methoxy groups -OCH3 is 1. The Bertz CT molecular complexity index is 1050. The molecule has 0 spiro atoms. The van der Waals surface area contributed by atoms with Gasteiger partial charge in [-0.15, -0.1) is 0 Å². The molecule has 9 nitrogen and oxygen atoms in total. The van der Waals surface area contributed by atoms with Crippen molar-refractivity contribution in [3.8, 4) is 22.6 Å². The number of nitrogens with zero attached hydrogens (tertiary/aromatic N) is 2. The molecule has 0 aliphatic heterocycles. The third-order valence-corrected chi connectivity index (χ3v) is 5.02. The van der Waals surface area contributed by atoms with Crippen LogP contribution in [0.3, 0.4) is 0 Å². The molecular weight excluding hydrogens is 440 g/mol. The number of oxazole rings is 1. The van der Waals surface area contributed by atoms with Crippen molar-refractivity contribution in [3.63, 3.8) is 0 Å². The molecular formula is C25H30N2O7. The lowest BCUT2D eigenvalue weighted by molar-refractivity contribution is -0.604. The van der Waals surface area contributed by atoms with E-state index in [9.17, 15) is 10.0 Å². The lowest BCUT2D eigenvalue weighted by atomic mass is 9.94. The van der Waals surface area contributed by atoms with E-state index in [1.807, 2.05) is 30.3 Å². The smallest absolute Gasteiger partial charge is 0.321 e. The van der Waals surface area contributed by atoms with Gasteiger partial charge in [0.15, 0.2) is 18.2 Å². The Morgan fingerprint density at radius 3 is 2.29 bits per heavy atom. The second kappa shape index (κ2) is 12.3. The third-order valence-electron chi connectivity index (χ3n) is 5.02. The highest BCUT2D eigenvalue weighted by atomic mass is 16.6. The van der Waals surface area contributed by atoms with E-state index < -0.39 is 11.4 Å². The Morgan fingerprint density at radius 2 is 1.62 bits per heavy atom. The quantitative estimate of drug-likeness (QED) is 0.162. The van der Waals surface area contributed by atoms with Crippen molar-refractivity contribution in [1.82, 2.24) is 4.98 Å². The average molecular weight is 471 g/mol. The summed E-state index contributed by atoms with van der Waals surface area (Å²) < 4.78 is 27.8. The highest BCUT2D eigenvalue weighted by Gasteiger charge is 2.38. The number of aromatic nitrogens is 2. The molecule has 0 bridgehead atoms. The van der Waals surface area contributed by atoms with Gasteiger partial charge in [0.25, 0.3) is 0 Å². The number of ether oxygens (including phenoxy) is 4. The van der Waals surface area contributed by atoms with Gasteiger partial charge >= 0.3 is 5.97 Å². The van der Waals surface area contributed by atoms with E-state index in [1.165, 1.54) is 12.4 Å².